The molecule has 3 heteroatoms. The number of carbonyl (C=O) groups is 1. The van der Waals surface area contributed by atoms with Crippen LogP contribution in [0.25, 0.3) is 0 Å². The maximum absolute atomic E-state index is 12.5. The minimum absolute atomic E-state index is 0.0723. The summed E-state index contributed by atoms with van der Waals surface area (Å²) in [6.07, 6.45) is 0.394. The molecule has 104 valence electrons. The quantitative estimate of drug-likeness (QED) is 0.770. The van der Waals surface area contributed by atoms with Crippen molar-refractivity contribution in [3.63, 3.8) is 0 Å². The van der Waals surface area contributed by atoms with Crippen LogP contribution in [-0.4, -0.2) is 12.9 Å². The Morgan fingerprint density at radius 3 is 2.60 bits per heavy atom. The largest absolute Gasteiger partial charge is 0.496 e. The van der Waals surface area contributed by atoms with Crippen molar-refractivity contribution < 1.29 is 9.53 Å². The van der Waals surface area contributed by atoms with Crippen LogP contribution in [-0.2, 0) is 6.42 Å². The SMILES string of the molecule is COc1cc(Br)ccc1C(=O)Cc1cc(C)ccc1C. The van der Waals surface area contributed by atoms with Gasteiger partial charge >= 0.3 is 0 Å². The van der Waals surface area contributed by atoms with E-state index in [2.05, 4.69) is 34.1 Å². The summed E-state index contributed by atoms with van der Waals surface area (Å²) in [5.41, 5.74) is 4.00. The second-order valence-electron chi connectivity index (χ2n) is 4.87. The third-order valence-corrected chi connectivity index (χ3v) is 3.81. The lowest BCUT2D eigenvalue weighted by molar-refractivity contribution is 0.0990. The van der Waals surface area contributed by atoms with Gasteiger partial charge in [0.1, 0.15) is 5.75 Å². The van der Waals surface area contributed by atoms with Gasteiger partial charge in [-0.25, -0.2) is 0 Å². The molecule has 2 aromatic carbocycles. The molecule has 0 unspecified atom stereocenters. The average Bonchev–Trinajstić information content (AvgIpc) is 2.42. The van der Waals surface area contributed by atoms with E-state index in [-0.39, 0.29) is 5.78 Å². The van der Waals surface area contributed by atoms with E-state index in [1.54, 1.807) is 13.2 Å². The first-order chi connectivity index (χ1) is 9.51. The summed E-state index contributed by atoms with van der Waals surface area (Å²) in [6, 6.07) is 11.7. The van der Waals surface area contributed by atoms with E-state index >= 15 is 0 Å². The van der Waals surface area contributed by atoms with Gasteiger partial charge in [0.2, 0.25) is 0 Å². The third-order valence-electron chi connectivity index (χ3n) is 3.32. The molecule has 0 aromatic heterocycles. The Labute approximate surface area is 127 Å². The Hall–Kier alpha value is -1.61. The maximum atomic E-state index is 12.5. The molecule has 0 radical (unpaired) electrons. The first-order valence-corrected chi connectivity index (χ1v) is 7.23. The number of methoxy groups -OCH3 is 1. The van der Waals surface area contributed by atoms with Crippen molar-refractivity contribution in [2.75, 3.05) is 7.11 Å². The predicted octanol–water partition coefficient (Wildman–Crippen LogP) is 4.50. The van der Waals surface area contributed by atoms with E-state index in [1.165, 1.54) is 5.56 Å². The summed E-state index contributed by atoms with van der Waals surface area (Å²) in [4.78, 5) is 12.5. The topological polar surface area (TPSA) is 26.3 Å². The molecular weight excluding hydrogens is 316 g/mol. The van der Waals surface area contributed by atoms with Crippen LogP contribution in [0.1, 0.15) is 27.0 Å². The highest BCUT2D eigenvalue weighted by Crippen LogP contribution is 2.25. The van der Waals surface area contributed by atoms with E-state index < -0.39 is 0 Å². The molecule has 0 saturated carbocycles. The molecule has 2 aromatic rings. The zero-order valence-electron chi connectivity index (χ0n) is 11.9. The molecular formula is C17H17BrO2. The van der Waals surface area contributed by atoms with Gasteiger partial charge in [-0.1, -0.05) is 39.7 Å². The summed E-state index contributed by atoms with van der Waals surface area (Å²) in [5, 5.41) is 0. The van der Waals surface area contributed by atoms with E-state index in [1.807, 2.05) is 26.0 Å². The number of hydrogen-bond donors (Lipinski definition) is 0. The fourth-order valence-corrected chi connectivity index (χ4v) is 2.49. The van der Waals surface area contributed by atoms with Crippen LogP contribution >= 0.6 is 15.9 Å². The van der Waals surface area contributed by atoms with Crippen LogP contribution in [0.3, 0.4) is 0 Å². The Bertz CT molecular complexity index is 647. The number of benzene rings is 2. The first kappa shape index (κ1) is 14.8. The molecule has 0 atom stereocenters. The predicted molar refractivity (Wildman–Crippen MR) is 84.6 cm³/mol. The minimum Gasteiger partial charge on any atom is -0.496 e. The number of carbonyl (C=O) groups excluding carboxylic acids is 1. The summed E-state index contributed by atoms with van der Waals surface area (Å²) < 4.78 is 6.19. The standard InChI is InChI=1S/C17H17BrO2/c1-11-4-5-12(2)13(8-11)9-16(19)15-7-6-14(18)10-17(15)20-3/h4-8,10H,9H2,1-3H3. The van der Waals surface area contributed by atoms with Crippen molar-refractivity contribution in [3.8, 4) is 5.75 Å². The van der Waals surface area contributed by atoms with Crippen molar-refractivity contribution in [1.82, 2.24) is 0 Å². The monoisotopic (exact) mass is 332 g/mol. The van der Waals surface area contributed by atoms with Crippen LogP contribution in [0.15, 0.2) is 40.9 Å². The molecule has 0 saturated heterocycles. The average molecular weight is 333 g/mol. The van der Waals surface area contributed by atoms with Crippen molar-refractivity contribution in [2.24, 2.45) is 0 Å². The molecule has 0 heterocycles. The van der Waals surface area contributed by atoms with Gasteiger partial charge in [0.25, 0.3) is 0 Å². The van der Waals surface area contributed by atoms with Crippen molar-refractivity contribution in [1.29, 1.82) is 0 Å². The van der Waals surface area contributed by atoms with Crippen LogP contribution < -0.4 is 4.74 Å². The lowest BCUT2D eigenvalue weighted by Crippen LogP contribution is -2.07. The molecule has 0 aliphatic rings. The Morgan fingerprint density at radius 2 is 1.90 bits per heavy atom. The molecule has 0 bridgehead atoms. The van der Waals surface area contributed by atoms with E-state index in [4.69, 9.17) is 4.74 Å². The second kappa shape index (κ2) is 6.23. The van der Waals surface area contributed by atoms with Gasteiger partial charge in [-0.05, 0) is 43.2 Å². The van der Waals surface area contributed by atoms with Crippen molar-refractivity contribution in [2.45, 2.75) is 20.3 Å². The number of halogens is 1. The van der Waals surface area contributed by atoms with Gasteiger partial charge in [-0.3, -0.25) is 4.79 Å². The summed E-state index contributed by atoms with van der Waals surface area (Å²) >= 11 is 3.38. The highest BCUT2D eigenvalue weighted by atomic mass is 79.9. The Kier molecular flexibility index (Phi) is 4.61. The first-order valence-electron chi connectivity index (χ1n) is 6.44. The molecule has 20 heavy (non-hydrogen) atoms. The minimum atomic E-state index is 0.0723. The molecule has 0 spiro atoms. The highest BCUT2D eigenvalue weighted by Gasteiger charge is 2.14. The van der Waals surface area contributed by atoms with Gasteiger partial charge in [0, 0.05) is 10.9 Å². The lowest BCUT2D eigenvalue weighted by Gasteiger charge is -2.10. The highest BCUT2D eigenvalue weighted by molar-refractivity contribution is 9.10. The van der Waals surface area contributed by atoms with Crippen molar-refractivity contribution >= 4 is 21.7 Å². The van der Waals surface area contributed by atoms with Crippen LogP contribution in [0.5, 0.6) is 5.75 Å². The zero-order chi connectivity index (χ0) is 14.7. The summed E-state index contributed by atoms with van der Waals surface area (Å²) in [6.45, 7) is 4.06. The Morgan fingerprint density at radius 1 is 1.15 bits per heavy atom. The lowest BCUT2D eigenvalue weighted by atomic mass is 9.97. The number of aryl methyl sites for hydroxylation is 2. The number of hydrogen-bond acceptors (Lipinski definition) is 2. The number of rotatable bonds is 4. The summed E-state index contributed by atoms with van der Waals surface area (Å²) in [7, 11) is 1.58. The van der Waals surface area contributed by atoms with E-state index in [0.29, 0.717) is 17.7 Å². The Balaban J connectivity index is 2.30. The maximum Gasteiger partial charge on any atom is 0.170 e. The van der Waals surface area contributed by atoms with Gasteiger partial charge < -0.3 is 4.74 Å². The molecule has 0 fully saturated rings. The van der Waals surface area contributed by atoms with E-state index in [9.17, 15) is 4.79 Å². The second-order valence-corrected chi connectivity index (χ2v) is 5.79. The van der Waals surface area contributed by atoms with Gasteiger partial charge in [-0.15, -0.1) is 0 Å². The zero-order valence-corrected chi connectivity index (χ0v) is 13.5. The smallest absolute Gasteiger partial charge is 0.170 e. The van der Waals surface area contributed by atoms with Gasteiger partial charge in [0.15, 0.2) is 5.78 Å². The molecule has 0 aliphatic heterocycles. The van der Waals surface area contributed by atoms with Crippen LogP contribution in [0.4, 0.5) is 0 Å². The van der Waals surface area contributed by atoms with Crippen LogP contribution in [0, 0.1) is 13.8 Å². The molecule has 2 nitrogen and oxygen atoms in total. The van der Waals surface area contributed by atoms with Crippen LogP contribution in [0.2, 0.25) is 0 Å². The molecule has 0 N–H and O–H groups in total. The van der Waals surface area contributed by atoms with E-state index in [0.717, 1.165) is 15.6 Å². The fourth-order valence-electron chi connectivity index (χ4n) is 2.15. The number of ketones is 1. The molecule has 0 amide bonds. The normalized spacial score (nSPS) is 10.4. The molecule has 2 rings (SSSR count). The van der Waals surface area contributed by atoms with Gasteiger partial charge in [0.05, 0.1) is 12.7 Å². The summed E-state index contributed by atoms with van der Waals surface area (Å²) in [5.74, 6) is 0.678. The number of Topliss-reactive ketones (excluding diaryl/α,β-unsaturated/α-hetero) is 1. The van der Waals surface area contributed by atoms with Gasteiger partial charge in [-0.2, -0.15) is 0 Å². The third kappa shape index (κ3) is 3.28. The number of ether oxygens (including phenoxy) is 1. The fraction of sp³-hybridized carbons (Fsp3) is 0.235. The van der Waals surface area contributed by atoms with Crippen molar-refractivity contribution in [3.05, 3.63) is 63.1 Å². The molecule has 0 aliphatic carbocycles.